The smallest absolute Gasteiger partial charge is 0.262 e. The molecule has 0 saturated heterocycles. The second kappa shape index (κ2) is 10.1. The molecule has 0 radical (unpaired) electrons. The fourth-order valence-electron chi connectivity index (χ4n) is 2.21. The average molecular weight is 359 g/mol. The van der Waals surface area contributed by atoms with Crippen molar-refractivity contribution in [3.63, 3.8) is 0 Å². The summed E-state index contributed by atoms with van der Waals surface area (Å²) in [6.45, 7) is 3.62. The topological polar surface area (TPSA) is 79.5 Å². The second-order valence-electron chi connectivity index (χ2n) is 5.42. The molecule has 0 atom stereocenters. The van der Waals surface area contributed by atoms with Crippen LogP contribution >= 0.6 is 0 Å². The van der Waals surface area contributed by atoms with E-state index in [1.165, 1.54) is 18.2 Å². The number of amides is 2. The summed E-state index contributed by atoms with van der Waals surface area (Å²) in [5.74, 6) is -1.04. The molecule has 0 aliphatic rings. The van der Waals surface area contributed by atoms with E-state index in [9.17, 15) is 14.0 Å². The van der Waals surface area contributed by atoms with E-state index in [0.29, 0.717) is 18.7 Å². The molecular weight excluding hydrogens is 337 g/mol. The van der Waals surface area contributed by atoms with Crippen molar-refractivity contribution in [1.29, 1.82) is 0 Å². The van der Waals surface area contributed by atoms with Crippen molar-refractivity contribution >= 4 is 17.5 Å². The summed E-state index contributed by atoms with van der Waals surface area (Å²) in [4.78, 5) is 24.2. The Kier molecular flexibility index (Phi) is 7.57. The van der Waals surface area contributed by atoms with Crippen LogP contribution in [0.4, 0.5) is 10.1 Å². The van der Waals surface area contributed by atoms with E-state index in [2.05, 4.69) is 16.0 Å². The largest absolute Gasteiger partial charge is 0.483 e. The van der Waals surface area contributed by atoms with Crippen molar-refractivity contribution in [3.05, 3.63) is 59.9 Å². The van der Waals surface area contributed by atoms with Crippen LogP contribution < -0.4 is 20.7 Å². The second-order valence-corrected chi connectivity index (χ2v) is 5.42. The number of ether oxygens (including phenoxy) is 1. The molecule has 2 aromatic rings. The number of halogens is 1. The van der Waals surface area contributed by atoms with Gasteiger partial charge in [0.05, 0.1) is 11.3 Å². The van der Waals surface area contributed by atoms with Crippen LogP contribution in [-0.4, -0.2) is 38.1 Å². The lowest BCUT2D eigenvalue weighted by molar-refractivity contribution is -0.118. The molecule has 2 aromatic carbocycles. The summed E-state index contributed by atoms with van der Waals surface area (Å²) >= 11 is 0. The number of carbonyl (C=O) groups is 2. The number of nitrogens with one attached hydrogen (secondary N) is 3. The molecule has 0 saturated carbocycles. The van der Waals surface area contributed by atoms with Gasteiger partial charge in [-0.2, -0.15) is 0 Å². The van der Waals surface area contributed by atoms with E-state index in [1.807, 2.05) is 6.92 Å². The van der Waals surface area contributed by atoms with Gasteiger partial charge in [0, 0.05) is 13.1 Å². The molecule has 2 rings (SSSR count). The standard InChI is InChI=1S/C19H22FN3O3/c1-2-21-11-12-22-19(25)14-7-3-6-10-17(14)26-13-18(24)23-16-9-5-4-8-15(16)20/h3-10,21H,2,11-13H2,1H3,(H,22,25)(H,23,24). The number of rotatable bonds is 9. The van der Waals surface area contributed by atoms with E-state index in [0.717, 1.165) is 6.54 Å². The highest BCUT2D eigenvalue weighted by Gasteiger charge is 2.13. The van der Waals surface area contributed by atoms with E-state index in [1.54, 1.807) is 30.3 Å². The number of carbonyl (C=O) groups excluding carboxylic acids is 2. The molecular formula is C19H22FN3O3. The van der Waals surface area contributed by atoms with Crippen molar-refractivity contribution in [2.75, 3.05) is 31.6 Å². The van der Waals surface area contributed by atoms with Gasteiger partial charge >= 0.3 is 0 Å². The summed E-state index contributed by atoms with van der Waals surface area (Å²) < 4.78 is 19.0. The lowest BCUT2D eigenvalue weighted by Gasteiger charge is -2.12. The molecule has 26 heavy (non-hydrogen) atoms. The van der Waals surface area contributed by atoms with Crippen LogP contribution in [-0.2, 0) is 4.79 Å². The monoisotopic (exact) mass is 359 g/mol. The van der Waals surface area contributed by atoms with Crippen LogP contribution in [0.2, 0.25) is 0 Å². The third-order valence-corrected chi connectivity index (χ3v) is 3.48. The third kappa shape index (κ3) is 5.86. The van der Waals surface area contributed by atoms with Gasteiger partial charge in [0.15, 0.2) is 6.61 Å². The molecule has 138 valence electrons. The van der Waals surface area contributed by atoms with Crippen LogP contribution in [0.1, 0.15) is 17.3 Å². The lowest BCUT2D eigenvalue weighted by Crippen LogP contribution is -2.32. The van der Waals surface area contributed by atoms with Crippen molar-refractivity contribution in [2.24, 2.45) is 0 Å². The Hall–Kier alpha value is -2.93. The fourth-order valence-corrected chi connectivity index (χ4v) is 2.21. The molecule has 0 unspecified atom stereocenters. The van der Waals surface area contributed by atoms with Gasteiger partial charge in [-0.05, 0) is 30.8 Å². The van der Waals surface area contributed by atoms with E-state index in [-0.39, 0.29) is 24.0 Å². The van der Waals surface area contributed by atoms with Crippen molar-refractivity contribution in [3.8, 4) is 5.75 Å². The quantitative estimate of drug-likeness (QED) is 0.600. The Morgan fingerprint density at radius 2 is 1.77 bits per heavy atom. The Balaban J connectivity index is 1.92. The van der Waals surface area contributed by atoms with Crippen LogP contribution in [0.25, 0.3) is 0 Å². The maximum absolute atomic E-state index is 13.5. The molecule has 7 heteroatoms. The van der Waals surface area contributed by atoms with Gasteiger partial charge in [-0.3, -0.25) is 9.59 Å². The first kappa shape index (κ1) is 19.4. The number of para-hydroxylation sites is 2. The Labute approximate surface area is 151 Å². The number of hydrogen-bond donors (Lipinski definition) is 3. The van der Waals surface area contributed by atoms with Gasteiger partial charge in [0.2, 0.25) is 0 Å². The maximum atomic E-state index is 13.5. The SMILES string of the molecule is CCNCCNC(=O)c1ccccc1OCC(=O)Nc1ccccc1F. The minimum absolute atomic E-state index is 0.0792. The first-order valence-corrected chi connectivity index (χ1v) is 8.37. The zero-order chi connectivity index (χ0) is 18.8. The highest BCUT2D eigenvalue weighted by Crippen LogP contribution is 2.18. The van der Waals surface area contributed by atoms with Gasteiger partial charge in [-0.15, -0.1) is 0 Å². The number of hydrogen-bond acceptors (Lipinski definition) is 4. The zero-order valence-corrected chi connectivity index (χ0v) is 14.5. The zero-order valence-electron chi connectivity index (χ0n) is 14.5. The van der Waals surface area contributed by atoms with E-state index < -0.39 is 11.7 Å². The summed E-state index contributed by atoms with van der Waals surface area (Å²) in [5, 5.41) is 8.32. The summed E-state index contributed by atoms with van der Waals surface area (Å²) in [6.07, 6.45) is 0. The molecule has 0 aliphatic heterocycles. The average Bonchev–Trinajstić information content (AvgIpc) is 2.65. The van der Waals surface area contributed by atoms with Gasteiger partial charge in [0.25, 0.3) is 11.8 Å². The van der Waals surface area contributed by atoms with Gasteiger partial charge in [0.1, 0.15) is 11.6 Å². The van der Waals surface area contributed by atoms with Gasteiger partial charge in [-0.25, -0.2) is 4.39 Å². The highest BCUT2D eigenvalue weighted by molar-refractivity contribution is 5.97. The van der Waals surface area contributed by atoms with Crippen LogP contribution in [0.15, 0.2) is 48.5 Å². The third-order valence-electron chi connectivity index (χ3n) is 3.48. The van der Waals surface area contributed by atoms with Crippen molar-refractivity contribution in [1.82, 2.24) is 10.6 Å². The molecule has 0 fully saturated rings. The normalized spacial score (nSPS) is 10.2. The first-order chi connectivity index (χ1) is 12.6. The minimum Gasteiger partial charge on any atom is -0.483 e. The Morgan fingerprint density at radius 1 is 1.04 bits per heavy atom. The van der Waals surface area contributed by atoms with Crippen LogP contribution in [0, 0.1) is 5.82 Å². The summed E-state index contributed by atoms with van der Waals surface area (Å²) in [7, 11) is 0. The van der Waals surface area contributed by atoms with Crippen LogP contribution in [0.3, 0.4) is 0 Å². The van der Waals surface area contributed by atoms with Crippen LogP contribution in [0.5, 0.6) is 5.75 Å². The highest BCUT2D eigenvalue weighted by atomic mass is 19.1. The first-order valence-electron chi connectivity index (χ1n) is 8.37. The molecule has 0 aliphatic carbocycles. The molecule has 2 amide bonds. The number of likely N-dealkylation sites (N-methyl/N-ethyl adjacent to an activating group) is 1. The number of benzene rings is 2. The van der Waals surface area contributed by atoms with Crippen molar-refractivity contribution < 1.29 is 18.7 Å². The lowest BCUT2D eigenvalue weighted by atomic mass is 10.2. The van der Waals surface area contributed by atoms with Crippen molar-refractivity contribution in [2.45, 2.75) is 6.92 Å². The molecule has 0 spiro atoms. The predicted molar refractivity (Wildman–Crippen MR) is 97.8 cm³/mol. The van der Waals surface area contributed by atoms with E-state index in [4.69, 9.17) is 4.74 Å². The van der Waals surface area contributed by atoms with Gasteiger partial charge < -0.3 is 20.7 Å². The maximum Gasteiger partial charge on any atom is 0.262 e. The fraction of sp³-hybridized carbons (Fsp3) is 0.263. The molecule has 0 heterocycles. The number of anilines is 1. The summed E-state index contributed by atoms with van der Waals surface area (Å²) in [6, 6.07) is 12.5. The molecule has 6 nitrogen and oxygen atoms in total. The molecule has 3 N–H and O–H groups in total. The minimum atomic E-state index is -0.527. The predicted octanol–water partition coefficient (Wildman–Crippen LogP) is 2.18. The molecule has 0 bridgehead atoms. The molecule has 0 aromatic heterocycles. The Morgan fingerprint density at radius 3 is 2.54 bits per heavy atom. The van der Waals surface area contributed by atoms with Gasteiger partial charge in [-0.1, -0.05) is 31.2 Å². The Bertz CT molecular complexity index is 752. The summed E-state index contributed by atoms with van der Waals surface area (Å²) in [5.41, 5.74) is 0.415. The van der Waals surface area contributed by atoms with E-state index >= 15 is 0 Å².